The van der Waals surface area contributed by atoms with Gasteiger partial charge in [-0.05, 0) is 42.0 Å². The molecule has 0 radical (unpaired) electrons. The fourth-order valence-corrected chi connectivity index (χ4v) is 2.42. The lowest BCUT2D eigenvalue weighted by atomic mass is 10.2. The van der Waals surface area contributed by atoms with Crippen molar-refractivity contribution in [2.45, 2.75) is 0 Å². The van der Waals surface area contributed by atoms with Crippen LogP contribution in [0.25, 0.3) is 11.4 Å². The van der Waals surface area contributed by atoms with Gasteiger partial charge in [-0.1, -0.05) is 41.4 Å². The van der Waals surface area contributed by atoms with E-state index in [1.165, 1.54) is 17.0 Å². The van der Waals surface area contributed by atoms with Gasteiger partial charge in [0.05, 0.1) is 21.8 Å². The van der Waals surface area contributed by atoms with E-state index in [2.05, 4.69) is 15.3 Å². The quantitative estimate of drug-likeness (QED) is 0.527. The highest BCUT2D eigenvalue weighted by Gasteiger charge is 2.12. The normalized spacial score (nSPS) is 11.3. The number of aromatic nitrogens is 3. The van der Waals surface area contributed by atoms with E-state index in [0.29, 0.717) is 15.6 Å². The molecule has 0 saturated heterocycles. The van der Waals surface area contributed by atoms with Crippen LogP contribution in [-0.4, -0.2) is 21.1 Å². The number of halogens is 3. The smallest absolute Gasteiger partial charge is 0.216 e. The largest absolute Gasteiger partial charge is 0.250 e. The summed E-state index contributed by atoms with van der Waals surface area (Å²) in [5, 5.41) is 11.8. The summed E-state index contributed by atoms with van der Waals surface area (Å²) < 4.78 is 15.5. The van der Waals surface area contributed by atoms with Crippen LogP contribution in [0, 0.1) is 10.6 Å². The van der Waals surface area contributed by atoms with Crippen LogP contribution in [0.4, 0.5) is 4.39 Å². The van der Waals surface area contributed by atoms with E-state index in [9.17, 15) is 4.39 Å². The van der Waals surface area contributed by atoms with Crippen molar-refractivity contribution < 1.29 is 4.39 Å². The monoisotopic (exact) mass is 366 g/mol. The highest BCUT2D eigenvalue weighted by molar-refractivity contribution is 7.71. The van der Waals surface area contributed by atoms with Crippen LogP contribution >= 0.6 is 35.4 Å². The SMILES string of the molecule is Fc1ccccc1-c1n[nH]c(=S)n1/N=C\c1ccc(Cl)c(Cl)c1. The minimum atomic E-state index is -0.410. The number of aromatic amines is 1. The Kier molecular flexibility index (Phi) is 4.56. The number of benzene rings is 2. The highest BCUT2D eigenvalue weighted by atomic mass is 35.5. The molecular weight excluding hydrogens is 358 g/mol. The molecule has 0 fully saturated rings. The van der Waals surface area contributed by atoms with E-state index in [1.807, 2.05) is 0 Å². The predicted molar refractivity (Wildman–Crippen MR) is 92.3 cm³/mol. The molecule has 1 aromatic heterocycles. The summed E-state index contributed by atoms with van der Waals surface area (Å²) in [6.45, 7) is 0. The van der Waals surface area contributed by atoms with Crippen molar-refractivity contribution in [3.05, 3.63) is 68.7 Å². The molecule has 4 nitrogen and oxygen atoms in total. The molecular formula is C15H9Cl2FN4S. The molecule has 1 N–H and O–H groups in total. The van der Waals surface area contributed by atoms with Gasteiger partial charge in [-0.3, -0.25) is 0 Å². The Balaban J connectivity index is 2.02. The van der Waals surface area contributed by atoms with Crippen molar-refractivity contribution in [3.8, 4) is 11.4 Å². The van der Waals surface area contributed by atoms with Crippen LogP contribution in [0.15, 0.2) is 47.6 Å². The molecule has 2 aromatic carbocycles. The Labute approximate surface area is 146 Å². The number of nitrogens with one attached hydrogen (secondary N) is 1. The van der Waals surface area contributed by atoms with Gasteiger partial charge in [0.25, 0.3) is 0 Å². The first-order valence-electron chi connectivity index (χ1n) is 6.48. The van der Waals surface area contributed by atoms with E-state index in [-0.39, 0.29) is 10.6 Å². The molecule has 3 aromatic rings. The zero-order chi connectivity index (χ0) is 16.4. The number of hydrogen-bond donors (Lipinski definition) is 1. The summed E-state index contributed by atoms with van der Waals surface area (Å²) in [6.07, 6.45) is 1.54. The van der Waals surface area contributed by atoms with Crippen LogP contribution in [-0.2, 0) is 0 Å². The zero-order valence-corrected chi connectivity index (χ0v) is 13.8. The Morgan fingerprint density at radius 3 is 2.70 bits per heavy atom. The second kappa shape index (κ2) is 6.62. The third kappa shape index (κ3) is 3.34. The third-order valence-corrected chi connectivity index (χ3v) is 4.03. The summed E-state index contributed by atoms with van der Waals surface area (Å²) in [5.74, 6) is -0.128. The van der Waals surface area contributed by atoms with E-state index in [0.717, 1.165) is 5.56 Å². The molecule has 0 saturated carbocycles. The van der Waals surface area contributed by atoms with Crippen molar-refractivity contribution in [2.75, 3.05) is 0 Å². The van der Waals surface area contributed by atoms with Gasteiger partial charge in [-0.15, -0.1) is 0 Å². The van der Waals surface area contributed by atoms with E-state index >= 15 is 0 Å². The molecule has 1 heterocycles. The average molecular weight is 367 g/mol. The Morgan fingerprint density at radius 1 is 1.17 bits per heavy atom. The predicted octanol–water partition coefficient (Wildman–Crippen LogP) is 4.94. The highest BCUT2D eigenvalue weighted by Crippen LogP contribution is 2.23. The van der Waals surface area contributed by atoms with Crippen molar-refractivity contribution in [1.82, 2.24) is 14.9 Å². The maximum absolute atomic E-state index is 13.9. The lowest BCUT2D eigenvalue weighted by Gasteiger charge is -2.02. The molecule has 0 spiro atoms. The van der Waals surface area contributed by atoms with Crippen LogP contribution in [0.3, 0.4) is 0 Å². The van der Waals surface area contributed by atoms with E-state index < -0.39 is 5.82 Å². The second-order valence-electron chi connectivity index (χ2n) is 4.56. The molecule has 0 aliphatic heterocycles. The second-order valence-corrected chi connectivity index (χ2v) is 5.76. The van der Waals surface area contributed by atoms with Gasteiger partial charge in [0.1, 0.15) is 5.82 Å². The molecule has 0 amide bonds. The molecule has 0 aliphatic carbocycles. The maximum Gasteiger partial charge on any atom is 0.216 e. The molecule has 0 unspecified atom stereocenters. The summed E-state index contributed by atoms with van der Waals surface area (Å²) in [5.41, 5.74) is 1.02. The van der Waals surface area contributed by atoms with Crippen LogP contribution in [0.1, 0.15) is 5.56 Å². The topological polar surface area (TPSA) is 46.0 Å². The van der Waals surface area contributed by atoms with Gasteiger partial charge >= 0.3 is 0 Å². The van der Waals surface area contributed by atoms with Gasteiger partial charge < -0.3 is 0 Å². The first-order valence-corrected chi connectivity index (χ1v) is 7.64. The maximum atomic E-state index is 13.9. The molecule has 0 aliphatic rings. The van der Waals surface area contributed by atoms with Gasteiger partial charge in [0.15, 0.2) is 5.82 Å². The first kappa shape index (κ1) is 15.9. The molecule has 0 bridgehead atoms. The zero-order valence-electron chi connectivity index (χ0n) is 11.5. The van der Waals surface area contributed by atoms with E-state index in [1.54, 1.807) is 36.4 Å². The first-order chi connectivity index (χ1) is 11.1. The van der Waals surface area contributed by atoms with Crippen molar-refractivity contribution >= 4 is 41.6 Å². The minimum absolute atomic E-state index is 0.250. The van der Waals surface area contributed by atoms with Crippen LogP contribution < -0.4 is 0 Å². The molecule has 116 valence electrons. The number of nitrogens with zero attached hydrogens (tertiary/aromatic N) is 3. The fraction of sp³-hybridized carbons (Fsp3) is 0. The summed E-state index contributed by atoms with van der Waals surface area (Å²) >= 11 is 17.0. The third-order valence-electron chi connectivity index (χ3n) is 3.03. The lowest BCUT2D eigenvalue weighted by Crippen LogP contribution is -1.96. The van der Waals surface area contributed by atoms with Gasteiger partial charge in [0.2, 0.25) is 4.77 Å². The molecule has 0 atom stereocenters. The Morgan fingerprint density at radius 2 is 1.96 bits per heavy atom. The van der Waals surface area contributed by atoms with Gasteiger partial charge in [-0.25, -0.2) is 9.49 Å². The van der Waals surface area contributed by atoms with Crippen molar-refractivity contribution in [2.24, 2.45) is 5.10 Å². The van der Waals surface area contributed by atoms with Crippen LogP contribution in [0.2, 0.25) is 10.0 Å². The lowest BCUT2D eigenvalue weighted by molar-refractivity contribution is 0.628. The van der Waals surface area contributed by atoms with E-state index in [4.69, 9.17) is 35.4 Å². The summed E-state index contributed by atoms with van der Waals surface area (Å²) in [4.78, 5) is 0. The minimum Gasteiger partial charge on any atom is -0.250 e. The summed E-state index contributed by atoms with van der Waals surface area (Å²) in [6, 6.07) is 11.3. The average Bonchev–Trinajstić information content (AvgIpc) is 2.90. The Hall–Kier alpha value is -2.02. The number of rotatable bonds is 3. The van der Waals surface area contributed by atoms with Crippen molar-refractivity contribution in [3.63, 3.8) is 0 Å². The van der Waals surface area contributed by atoms with Gasteiger partial charge in [-0.2, -0.15) is 14.9 Å². The van der Waals surface area contributed by atoms with Crippen molar-refractivity contribution in [1.29, 1.82) is 0 Å². The standard InChI is InChI=1S/C15H9Cl2FN4S/c16-11-6-5-9(7-12(11)17)8-19-22-14(20-21-15(22)23)10-3-1-2-4-13(10)18/h1-8H,(H,21,23)/b19-8-. The summed E-state index contributed by atoms with van der Waals surface area (Å²) in [7, 11) is 0. The molecule has 23 heavy (non-hydrogen) atoms. The molecule has 3 rings (SSSR count). The number of hydrogen-bond acceptors (Lipinski definition) is 3. The molecule has 8 heteroatoms. The van der Waals surface area contributed by atoms with Crippen LogP contribution in [0.5, 0.6) is 0 Å². The Bertz CT molecular complexity index is 949. The van der Waals surface area contributed by atoms with Gasteiger partial charge in [0, 0.05) is 0 Å². The number of H-pyrrole nitrogens is 1. The fourth-order valence-electron chi connectivity index (χ4n) is 1.93.